The Balaban J connectivity index is 1.82. The van der Waals surface area contributed by atoms with Crippen molar-refractivity contribution < 1.29 is 0 Å². The van der Waals surface area contributed by atoms with Crippen molar-refractivity contribution >= 4 is 16.5 Å². The summed E-state index contributed by atoms with van der Waals surface area (Å²) in [7, 11) is 1.82. The van der Waals surface area contributed by atoms with Crippen molar-refractivity contribution in [2.45, 2.75) is 56.8 Å². The summed E-state index contributed by atoms with van der Waals surface area (Å²) in [6.07, 6.45) is 14.0. The van der Waals surface area contributed by atoms with E-state index in [-0.39, 0.29) is 0 Å². The molecule has 0 spiro atoms. The summed E-state index contributed by atoms with van der Waals surface area (Å²) >= 11 is 0. The van der Waals surface area contributed by atoms with Gasteiger partial charge in [-0.25, -0.2) is 0 Å². The molecule has 2 rings (SSSR count). The monoisotopic (exact) mass is 230 g/mol. The zero-order chi connectivity index (χ0) is 9.80. The van der Waals surface area contributed by atoms with E-state index in [0.29, 0.717) is 7.92 Å². The molecule has 0 aliphatic carbocycles. The van der Waals surface area contributed by atoms with E-state index in [2.05, 4.69) is 6.92 Å². The summed E-state index contributed by atoms with van der Waals surface area (Å²) in [5.41, 5.74) is 2.41. The molecular weight excluding hydrogens is 206 g/mol. The molecule has 0 radical (unpaired) electrons. The Hall–Kier alpha value is 0.860. The zero-order valence-corrected chi connectivity index (χ0v) is 11.4. The summed E-state index contributed by atoms with van der Waals surface area (Å²) < 4.78 is 0. The average molecular weight is 230 g/mol. The van der Waals surface area contributed by atoms with Crippen LogP contribution < -0.4 is 0 Å². The van der Waals surface area contributed by atoms with E-state index in [0.717, 1.165) is 0 Å². The van der Waals surface area contributed by atoms with Gasteiger partial charge in [0.2, 0.25) is 0 Å². The first kappa shape index (κ1) is 11.3. The van der Waals surface area contributed by atoms with Crippen LogP contribution in [0.3, 0.4) is 0 Å². The molecule has 0 saturated carbocycles. The first-order chi connectivity index (χ1) is 6.92. The lowest BCUT2D eigenvalue weighted by molar-refractivity contribution is 0.696. The molecule has 2 aliphatic rings. The van der Waals surface area contributed by atoms with Crippen LogP contribution >= 0.6 is 16.5 Å². The molecule has 0 aromatic carbocycles. The van der Waals surface area contributed by atoms with Gasteiger partial charge in [0.15, 0.2) is 0 Å². The maximum atomic E-state index is 2.34. The molecule has 14 heavy (non-hydrogen) atoms. The highest BCUT2D eigenvalue weighted by Crippen LogP contribution is 2.57. The van der Waals surface area contributed by atoms with Crippen molar-refractivity contribution in [2.24, 2.45) is 0 Å². The highest BCUT2D eigenvalue weighted by Gasteiger charge is 2.33. The van der Waals surface area contributed by atoms with Crippen LogP contribution in [0.5, 0.6) is 0 Å². The summed E-state index contributed by atoms with van der Waals surface area (Å²) in [6, 6.07) is 0. The van der Waals surface area contributed by atoms with Crippen LogP contribution in [0.4, 0.5) is 0 Å². The molecule has 0 bridgehead atoms. The van der Waals surface area contributed by atoms with Crippen molar-refractivity contribution in [1.82, 2.24) is 0 Å². The Morgan fingerprint density at radius 1 is 1.29 bits per heavy atom. The second-order valence-corrected chi connectivity index (χ2v) is 9.19. The number of hydrogen-bond acceptors (Lipinski definition) is 0. The minimum absolute atomic E-state index is 0.481. The molecule has 2 heteroatoms. The molecule has 82 valence electrons. The lowest BCUT2D eigenvalue weighted by Gasteiger charge is -2.25. The van der Waals surface area contributed by atoms with Crippen LogP contribution in [0, 0.1) is 0 Å². The van der Waals surface area contributed by atoms with E-state index >= 15 is 0 Å². The second-order valence-electron chi connectivity index (χ2n) is 4.80. The Labute approximate surface area is 92.2 Å². The zero-order valence-electron chi connectivity index (χ0n) is 9.47. The predicted octanol–water partition coefficient (Wildman–Crippen LogP) is 4.27. The lowest BCUT2D eigenvalue weighted by atomic mass is 10.1. The molecule has 0 aromatic rings. The Morgan fingerprint density at radius 3 is 2.93 bits per heavy atom. The molecule has 2 heterocycles. The molecular formula is C12H24P2. The quantitative estimate of drug-likeness (QED) is 0.632. The van der Waals surface area contributed by atoms with Crippen LogP contribution in [-0.4, -0.2) is 29.8 Å². The fourth-order valence-electron chi connectivity index (χ4n) is 2.99. The smallest absolute Gasteiger partial charge is 0.0144 e. The van der Waals surface area contributed by atoms with E-state index in [9.17, 15) is 0 Å². The van der Waals surface area contributed by atoms with Gasteiger partial charge in [-0.1, -0.05) is 13.3 Å². The lowest BCUT2D eigenvalue weighted by Crippen LogP contribution is -2.15. The molecule has 0 N–H and O–H groups in total. The Morgan fingerprint density at radius 2 is 2.21 bits per heavy atom. The molecule has 2 saturated heterocycles. The number of unbranched alkanes of at least 4 members (excludes halogenated alkanes) is 1. The summed E-state index contributed by atoms with van der Waals surface area (Å²) in [4.78, 5) is 0. The molecule has 2 aliphatic heterocycles. The molecule has 0 aromatic heterocycles. The SMILES string of the molecule is CCCCP1CCCC1C1CCCP1. The topological polar surface area (TPSA) is 0 Å². The van der Waals surface area contributed by atoms with Gasteiger partial charge in [0, 0.05) is 0 Å². The van der Waals surface area contributed by atoms with Crippen LogP contribution in [0.1, 0.15) is 45.4 Å². The number of rotatable bonds is 4. The predicted molar refractivity (Wildman–Crippen MR) is 70.8 cm³/mol. The third-order valence-corrected chi connectivity index (χ3v) is 9.25. The molecule has 0 nitrogen and oxygen atoms in total. The third-order valence-electron chi connectivity index (χ3n) is 3.78. The normalized spacial score (nSPS) is 39.6. The van der Waals surface area contributed by atoms with Gasteiger partial charge in [-0.15, -0.1) is 16.5 Å². The minimum atomic E-state index is 0.481. The summed E-state index contributed by atoms with van der Waals surface area (Å²) in [6.45, 7) is 2.34. The van der Waals surface area contributed by atoms with Gasteiger partial charge >= 0.3 is 0 Å². The fourth-order valence-corrected chi connectivity index (χ4v) is 8.96. The Kier molecular flexibility index (Phi) is 4.71. The van der Waals surface area contributed by atoms with Crippen molar-refractivity contribution in [3.05, 3.63) is 0 Å². The van der Waals surface area contributed by atoms with Crippen LogP contribution in [0.25, 0.3) is 0 Å². The van der Waals surface area contributed by atoms with Crippen molar-refractivity contribution in [2.75, 3.05) is 18.5 Å². The largest absolute Gasteiger partial charge is 0.118 e. The standard InChI is InChI=1S/C12H24P2/c1-2-3-9-14-10-5-7-12(14)11-6-4-8-13-11/h11-13H,2-10H2,1H3. The van der Waals surface area contributed by atoms with Gasteiger partial charge in [-0.2, -0.15) is 0 Å². The van der Waals surface area contributed by atoms with Crippen LogP contribution in [-0.2, 0) is 0 Å². The van der Waals surface area contributed by atoms with Gasteiger partial charge in [-0.05, 0) is 61.9 Å². The molecule has 0 amide bonds. The van der Waals surface area contributed by atoms with Crippen molar-refractivity contribution in [3.8, 4) is 0 Å². The van der Waals surface area contributed by atoms with Gasteiger partial charge in [-0.3, -0.25) is 0 Å². The first-order valence-corrected chi connectivity index (χ1v) is 9.46. The fraction of sp³-hybridized carbons (Fsp3) is 1.00. The van der Waals surface area contributed by atoms with Gasteiger partial charge in [0.1, 0.15) is 0 Å². The van der Waals surface area contributed by atoms with E-state index in [4.69, 9.17) is 0 Å². The van der Waals surface area contributed by atoms with Gasteiger partial charge in [0.25, 0.3) is 0 Å². The first-order valence-electron chi connectivity index (χ1n) is 6.39. The molecule has 2 fully saturated rings. The van der Waals surface area contributed by atoms with E-state index in [1.54, 1.807) is 44.2 Å². The van der Waals surface area contributed by atoms with E-state index in [1.165, 1.54) is 32.7 Å². The average Bonchev–Trinajstić information content (AvgIpc) is 2.84. The highest BCUT2D eigenvalue weighted by atomic mass is 31.1. The maximum Gasteiger partial charge on any atom is -0.0144 e. The second kappa shape index (κ2) is 5.81. The summed E-state index contributed by atoms with van der Waals surface area (Å²) in [5, 5.41) is 0. The highest BCUT2D eigenvalue weighted by molar-refractivity contribution is 7.59. The Bertz CT molecular complexity index is 164. The molecule has 4 atom stereocenters. The minimum Gasteiger partial charge on any atom is -0.118 e. The van der Waals surface area contributed by atoms with Crippen molar-refractivity contribution in [1.29, 1.82) is 0 Å². The van der Waals surface area contributed by atoms with Crippen LogP contribution in [0.15, 0.2) is 0 Å². The van der Waals surface area contributed by atoms with E-state index in [1.807, 2.05) is 0 Å². The number of hydrogen-bond donors (Lipinski definition) is 0. The van der Waals surface area contributed by atoms with Crippen LogP contribution in [0.2, 0.25) is 0 Å². The maximum absolute atomic E-state index is 2.34. The van der Waals surface area contributed by atoms with Crippen molar-refractivity contribution in [3.63, 3.8) is 0 Å². The van der Waals surface area contributed by atoms with Gasteiger partial charge in [0.05, 0.1) is 0 Å². The molecule has 4 unspecified atom stereocenters. The summed E-state index contributed by atoms with van der Waals surface area (Å²) in [5.74, 6) is 0. The van der Waals surface area contributed by atoms with Gasteiger partial charge < -0.3 is 0 Å². The van der Waals surface area contributed by atoms with E-state index < -0.39 is 0 Å². The third kappa shape index (κ3) is 2.70.